The zero-order valence-electron chi connectivity index (χ0n) is 38.3. The third-order valence-electron chi connectivity index (χ3n) is 11.4. The summed E-state index contributed by atoms with van der Waals surface area (Å²) in [5, 5.41) is 71.9. The van der Waals surface area contributed by atoms with Gasteiger partial charge in [-0.2, -0.15) is 0 Å². The van der Waals surface area contributed by atoms with E-state index in [1.165, 1.54) is 51.4 Å². The summed E-state index contributed by atoms with van der Waals surface area (Å²) < 4.78 is 33.4. The SMILES string of the molecule is CCCCC/C=C\C/C=C\C/C=C\CCCCCCCCC(=O)OC(COC(=O)CCCCCCCCCC)COC1OC(COC2OC(CO)C(O)C(O)C2O)C(O)C(O)C1O. The average molecular weight is 901 g/mol. The summed E-state index contributed by atoms with van der Waals surface area (Å²) in [6.45, 7) is 2.50. The van der Waals surface area contributed by atoms with Gasteiger partial charge in [0.05, 0.1) is 19.8 Å². The first-order valence-electron chi connectivity index (χ1n) is 24.1. The second-order valence-corrected chi connectivity index (χ2v) is 16.9. The van der Waals surface area contributed by atoms with Gasteiger partial charge in [0, 0.05) is 12.8 Å². The van der Waals surface area contributed by atoms with Crippen molar-refractivity contribution in [2.45, 2.75) is 229 Å². The van der Waals surface area contributed by atoms with E-state index < -0.39 is 92.7 Å². The van der Waals surface area contributed by atoms with Crippen LogP contribution in [0.15, 0.2) is 36.5 Å². The number of esters is 2. The van der Waals surface area contributed by atoms with Gasteiger partial charge in [0.1, 0.15) is 55.4 Å². The van der Waals surface area contributed by atoms with Gasteiger partial charge >= 0.3 is 11.9 Å². The van der Waals surface area contributed by atoms with Crippen LogP contribution in [0.5, 0.6) is 0 Å². The highest BCUT2D eigenvalue weighted by molar-refractivity contribution is 5.70. The van der Waals surface area contributed by atoms with Crippen LogP contribution in [0.25, 0.3) is 0 Å². The number of hydrogen-bond donors (Lipinski definition) is 7. The standard InChI is InChI=1S/C48H84O15/c1-3-5-7-9-11-13-14-15-16-17-18-19-20-21-22-23-25-27-29-31-40(51)61-36(33-58-39(50)30-28-26-24-12-10-8-6-4-2)34-59-47-46(57)44(55)42(53)38(63-47)35-60-48-45(56)43(54)41(52)37(32-49)62-48/h11,13,15-16,18-19,36-38,41-49,52-57H,3-10,12,14,17,20-35H2,1-2H3/b13-11-,16-15-,19-18-. The molecule has 366 valence electrons. The van der Waals surface area contributed by atoms with Crippen LogP contribution in [0.2, 0.25) is 0 Å². The van der Waals surface area contributed by atoms with E-state index in [9.17, 15) is 45.3 Å². The molecule has 7 N–H and O–H groups in total. The quantitative estimate of drug-likeness (QED) is 0.0225. The van der Waals surface area contributed by atoms with E-state index >= 15 is 0 Å². The fourth-order valence-electron chi connectivity index (χ4n) is 7.34. The molecule has 2 fully saturated rings. The third kappa shape index (κ3) is 24.7. The minimum Gasteiger partial charge on any atom is -0.462 e. The van der Waals surface area contributed by atoms with Crippen LogP contribution < -0.4 is 0 Å². The molecule has 2 rings (SSSR count). The summed E-state index contributed by atoms with van der Waals surface area (Å²) in [6.07, 6.45) is 19.1. The van der Waals surface area contributed by atoms with Gasteiger partial charge in [-0.25, -0.2) is 0 Å². The van der Waals surface area contributed by atoms with E-state index in [1.54, 1.807) is 0 Å². The first kappa shape index (κ1) is 56.8. The van der Waals surface area contributed by atoms with Crippen molar-refractivity contribution in [1.82, 2.24) is 0 Å². The Hall–Kier alpha value is -2.28. The minimum atomic E-state index is -1.76. The summed E-state index contributed by atoms with van der Waals surface area (Å²) in [5.74, 6) is -0.944. The summed E-state index contributed by atoms with van der Waals surface area (Å²) >= 11 is 0. The largest absolute Gasteiger partial charge is 0.462 e. The Labute approximate surface area is 376 Å². The number of rotatable bonds is 36. The third-order valence-corrected chi connectivity index (χ3v) is 11.4. The number of hydrogen-bond acceptors (Lipinski definition) is 15. The van der Waals surface area contributed by atoms with Crippen molar-refractivity contribution >= 4 is 11.9 Å². The van der Waals surface area contributed by atoms with E-state index in [0.717, 1.165) is 70.6 Å². The number of ether oxygens (including phenoxy) is 6. The van der Waals surface area contributed by atoms with Gasteiger partial charge in [0.15, 0.2) is 18.7 Å². The number of carbonyl (C=O) groups is 2. The van der Waals surface area contributed by atoms with Crippen molar-refractivity contribution in [1.29, 1.82) is 0 Å². The van der Waals surface area contributed by atoms with Crippen molar-refractivity contribution in [2.24, 2.45) is 0 Å². The predicted molar refractivity (Wildman–Crippen MR) is 238 cm³/mol. The molecule has 0 bridgehead atoms. The summed E-state index contributed by atoms with van der Waals surface area (Å²) in [7, 11) is 0. The second-order valence-electron chi connectivity index (χ2n) is 16.9. The zero-order valence-corrected chi connectivity index (χ0v) is 38.3. The smallest absolute Gasteiger partial charge is 0.306 e. The fourth-order valence-corrected chi connectivity index (χ4v) is 7.34. The van der Waals surface area contributed by atoms with Crippen LogP contribution in [-0.2, 0) is 38.0 Å². The van der Waals surface area contributed by atoms with Crippen LogP contribution in [0.4, 0.5) is 0 Å². The highest BCUT2D eigenvalue weighted by Gasteiger charge is 2.47. The van der Waals surface area contributed by atoms with Crippen LogP contribution in [0.1, 0.15) is 162 Å². The molecule has 0 aromatic carbocycles. The van der Waals surface area contributed by atoms with Crippen LogP contribution >= 0.6 is 0 Å². The van der Waals surface area contributed by atoms with Crippen molar-refractivity contribution in [3.63, 3.8) is 0 Å². The molecule has 0 aromatic rings. The Morgan fingerprint density at radius 2 is 0.952 bits per heavy atom. The molecule has 0 spiro atoms. The number of allylic oxidation sites excluding steroid dienone is 6. The fraction of sp³-hybridized carbons (Fsp3) is 0.833. The molecule has 0 amide bonds. The van der Waals surface area contributed by atoms with Gasteiger partial charge in [-0.15, -0.1) is 0 Å². The molecule has 2 heterocycles. The Kier molecular flexibility index (Phi) is 32.4. The Morgan fingerprint density at radius 3 is 1.52 bits per heavy atom. The van der Waals surface area contributed by atoms with Crippen LogP contribution in [0.3, 0.4) is 0 Å². The van der Waals surface area contributed by atoms with E-state index in [-0.39, 0.29) is 26.1 Å². The maximum Gasteiger partial charge on any atom is 0.306 e. The molecule has 63 heavy (non-hydrogen) atoms. The lowest BCUT2D eigenvalue weighted by molar-refractivity contribution is -0.332. The minimum absolute atomic E-state index is 0.151. The highest BCUT2D eigenvalue weighted by atomic mass is 16.7. The lowest BCUT2D eigenvalue weighted by Crippen LogP contribution is -2.61. The molecule has 2 aliphatic heterocycles. The molecule has 0 radical (unpaired) electrons. The number of unbranched alkanes of at least 4 members (excludes halogenated alkanes) is 16. The Balaban J connectivity index is 1.81. The normalized spacial score (nSPS) is 27.1. The monoisotopic (exact) mass is 901 g/mol. The second kappa shape index (κ2) is 35.9. The van der Waals surface area contributed by atoms with Crippen molar-refractivity contribution in [3.8, 4) is 0 Å². The molecule has 2 aliphatic rings. The molecule has 15 nitrogen and oxygen atoms in total. The molecule has 2 saturated heterocycles. The molecule has 15 heteroatoms. The molecule has 11 unspecified atom stereocenters. The van der Waals surface area contributed by atoms with Crippen molar-refractivity contribution in [3.05, 3.63) is 36.5 Å². The van der Waals surface area contributed by atoms with Gasteiger partial charge in [-0.05, 0) is 51.4 Å². The van der Waals surface area contributed by atoms with Gasteiger partial charge in [-0.3, -0.25) is 9.59 Å². The average Bonchev–Trinajstić information content (AvgIpc) is 3.28. The maximum atomic E-state index is 12.9. The lowest BCUT2D eigenvalue weighted by atomic mass is 9.98. The predicted octanol–water partition coefficient (Wildman–Crippen LogP) is 5.76. The topological polar surface area (TPSA) is 231 Å². The van der Waals surface area contributed by atoms with Crippen LogP contribution in [0, 0.1) is 0 Å². The van der Waals surface area contributed by atoms with E-state index in [1.807, 2.05) is 0 Å². The van der Waals surface area contributed by atoms with E-state index in [2.05, 4.69) is 50.3 Å². The number of aliphatic hydroxyl groups excluding tert-OH is 7. The van der Waals surface area contributed by atoms with Crippen LogP contribution in [-0.4, -0.2) is 142 Å². The van der Waals surface area contributed by atoms with Gasteiger partial charge in [0.2, 0.25) is 0 Å². The Bertz CT molecular complexity index is 1240. The van der Waals surface area contributed by atoms with Crippen molar-refractivity contribution in [2.75, 3.05) is 26.4 Å². The molecule has 0 aromatic heterocycles. The number of aliphatic hydroxyl groups is 7. The molecule has 0 aliphatic carbocycles. The molecular formula is C48H84O15. The summed E-state index contributed by atoms with van der Waals surface area (Å²) in [4.78, 5) is 25.6. The molecule has 0 saturated carbocycles. The Morgan fingerprint density at radius 1 is 0.508 bits per heavy atom. The first-order valence-corrected chi connectivity index (χ1v) is 24.1. The highest BCUT2D eigenvalue weighted by Crippen LogP contribution is 2.26. The van der Waals surface area contributed by atoms with Crippen molar-refractivity contribution < 1.29 is 73.8 Å². The van der Waals surface area contributed by atoms with Gasteiger partial charge in [0.25, 0.3) is 0 Å². The van der Waals surface area contributed by atoms with E-state index in [4.69, 9.17) is 28.4 Å². The lowest BCUT2D eigenvalue weighted by Gasteiger charge is -2.42. The summed E-state index contributed by atoms with van der Waals surface area (Å²) in [6, 6.07) is 0. The maximum absolute atomic E-state index is 12.9. The summed E-state index contributed by atoms with van der Waals surface area (Å²) in [5.41, 5.74) is 0. The zero-order chi connectivity index (χ0) is 46.1. The first-order chi connectivity index (χ1) is 30.5. The molecule has 11 atom stereocenters. The van der Waals surface area contributed by atoms with Gasteiger partial charge in [-0.1, -0.05) is 134 Å². The molecular weight excluding hydrogens is 817 g/mol. The van der Waals surface area contributed by atoms with Gasteiger partial charge < -0.3 is 64.2 Å². The van der Waals surface area contributed by atoms with E-state index in [0.29, 0.717) is 12.8 Å². The number of carbonyl (C=O) groups excluding carboxylic acids is 2.